The lowest BCUT2D eigenvalue weighted by Crippen LogP contribution is -1.96. The van der Waals surface area contributed by atoms with Crippen molar-refractivity contribution in [1.29, 1.82) is 0 Å². The van der Waals surface area contributed by atoms with Crippen LogP contribution in [0, 0.1) is 0 Å². The lowest BCUT2D eigenvalue weighted by Gasteiger charge is -1.90. The van der Waals surface area contributed by atoms with Gasteiger partial charge in [-0.3, -0.25) is 0 Å². The molecular formula is C5H7ClO2. The van der Waals surface area contributed by atoms with Gasteiger partial charge in [-0.15, -0.1) is 0 Å². The summed E-state index contributed by atoms with van der Waals surface area (Å²) in [6.07, 6.45) is 0. The van der Waals surface area contributed by atoms with Gasteiger partial charge >= 0.3 is 5.97 Å². The van der Waals surface area contributed by atoms with Gasteiger partial charge in [0.25, 0.3) is 0 Å². The van der Waals surface area contributed by atoms with Crippen LogP contribution in [0.5, 0.6) is 0 Å². The van der Waals surface area contributed by atoms with E-state index in [1.165, 1.54) is 6.92 Å². The average Bonchev–Trinajstić information content (AvgIpc) is 1.64. The Morgan fingerprint density at radius 3 is 1.88 bits per heavy atom. The van der Waals surface area contributed by atoms with E-state index in [1.807, 2.05) is 0 Å². The van der Waals surface area contributed by atoms with Crippen LogP contribution >= 0.6 is 11.6 Å². The second kappa shape index (κ2) is 2.72. The number of halogens is 1. The van der Waals surface area contributed by atoms with Crippen molar-refractivity contribution in [3.05, 3.63) is 10.6 Å². The van der Waals surface area contributed by atoms with Crippen molar-refractivity contribution < 1.29 is 9.90 Å². The molecule has 2 nitrogen and oxygen atoms in total. The number of carboxylic acid groups (broad SMARTS) is 1. The predicted molar refractivity (Wildman–Crippen MR) is 31.9 cm³/mol. The summed E-state index contributed by atoms with van der Waals surface area (Å²) in [7, 11) is 0. The summed E-state index contributed by atoms with van der Waals surface area (Å²) >= 11 is 5.32. The molecule has 0 rings (SSSR count). The molecule has 0 amide bonds. The normalized spacial score (nSPS) is 12.9. The summed E-state index contributed by atoms with van der Waals surface area (Å²) in [6.45, 7) is 3.01. The standard InChI is InChI=1S/C5H7ClO2/c1-3(4(2)6)5(7)8/h1-2H3,(H,7,8). The van der Waals surface area contributed by atoms with E-state index in [9.17, 15) is 4.79 Å². The molecule has 0 heterocycles. The third kappa shape index (κ3) is 1.98. The van der Waals surface area contributed by atoms with E-state index < -0.39 is 5.97 Å². The van der Waals surface area contributed by atoms with Crippen molar-refractivity contribution >= 4 is 17.6 Å². The molecule has 0 fully saturated rings. The minimum absolute atomic E-state index is 0.201. The Bertz CT molecular complexity index is 133. The van der Waals surface area contributed by atoms with Gasteiger partial charge < -0.3 is 5.11 Å². The first-order chi connectivity index (χ1) is 3.55. The average molecular weight is 135 g/mol. The molecule has 0 aliphatic carbocycles. The number of carbonyl (C=O) groups is 1. The second-order valence-electron chi connectivity index (χ2n) is 1.46. The third-order valence-corrected chi connectivity index (χ3v) is 1.12. The third-order valence-electron chi connectivity index (χ3n) is 0.838. The quantitative estimate of drug-likeness (QED) is 0.553. The van der Waals surface area contributed by atoms with Crippen molar-refractivity contribution in [3.63, 3.8) is 0 Å². The Kier molecular flexibility index (Phi) is 2.55. The summed E-state index contributed by atoms with van der Waals surface area (Å²) in [5, 5.41) is 8.54. The maximum absolute atomic E-state index is 10.00. The molecule has 0 aromatic heterocycles. The molecule has 0 radical (unpaired) electrons. The maximum atomic E-state index is 10.00. The summed E-state index contributed by atoms with van der Waals surface area (Å²) in [6, 6.07) is 0. The molecule has 46 valence electrons. The fraction of sp³-hybridized carbons (Fsp3) is 0.400. The van der Waals surface area contributed by atoms with Gasteiger partial charge in [-0.1, -0.05) is 11.6 Å². The van der Waals surface area contributed by atoms with Crippen molar-refractivity contribution in [2.75, 3.05) is 0 Å². The minimum Gasteiger partial charge on any atom is -0.478 e. The van der Waals surface area contributed by atoms with E-state index in [2.05, 4.69) is 0 Å². The highest BCUT2D eigenvalue weighted by molar-refractivity contribution is 6.31. The SMILES string of the molecule is CC(Cl)=C(C)C(=O)O. The van der Waals surface area contributed by atoms with Crippen LogP contribution in [0.3, 0.4) is 0 Å². The van der Waals surface area contributed by atoms with Crippen LogP contribution in [0.15, 0.2) is 10.6 Å². The van der Waals surface area contributed by atoms with E-state index >= 15 is 0 Å². The van der Waals surface area contributed by atoms with Crippen LogP contribution in [0.25, 0.3) is 0 Å². The Labute approximate surface area is 52.8 Å². The molecule has 1 N–H and O–H groups in total. The van der Waals surface area contributed by atoms with E-state index in [4.69, 9.17) is 16.7 Å². The van der Waals surface area contributed by atoms with Gasteiger partial charge in [-0.2, -0.15) is 0 Å². The molecule has 3 heteroatoms. The number of hydrogen-bond acceptors (Lipinski definition) is 1. The maximum Gasteiger partial charge on any atom is 0.332 e. The summed E-state index contributed by atoms with van der Waals surface area (Å²) in [4.78, 5) is 10.00. The molecule has 0 saturated heterocycles. The summed E-state index contributed by atoms with van der Waals surface area (Å²) in [5.41, 5.74) is 0.201. The first-order valence-electron chi connectivity index (χ1n) is 2.12. The fourth-order valence-corrected chi connectivity index (χ4v) is 0.228. The fourth-order valence-electron chi connectivity index (χ4n) is 0.147. The van der Waals surface area contributed by atoms with Gasteiger partial charge in [0.2, 0.25) is 0 Å². The van der Waals surface area contributed by atoms with E-state index in [0.717, 1.165) is 0 Å². The number of rotatable bonds is 1. The monoisotopic (exact) mass is 134 g/mol. The zero-order chi connectivity index (χ0) is 6.73. The van der Waals surface area contributed by atoms with Gasteiger partial charge in [-0.05, 0) is 13.8 Å². The van der Waals surface area contributed by atoms with Crippen LogP contribution in [-0.2, 0) is 4.79 Å². The summed E-state index contributed by atoms with van der Waals surface area (Å²) < 4.78 is 0. The highest BCUT2D eigenvalue weighted by Gasteiger charge is 2.00. The number of hydrogen-bond donors (Lipinski definition) is 1. The molecule has 0 unspecified atom stereocenters. The van der Waals surface area contributed by atoms with Crippen LogP contribution in [0.2, 0.25) is 0 Å². The van der Waals surface area contributed by atoms with Gasteiger partial charge in [0, 0.05) is 10.6 Å². The van der Waals surface area contributed by atoms with E-state index in [0.29, 0.717) is 5.03 Å². The molecule has 0 saturated carbocycles. The van der Waals surface area contributed by atoms with Crippen molar-refractivity contribution in [2.45, 2.75) is 13.8 Å². The highest BCUT2D eigenvalue weighted by Crippen LogP contribution is 2.06. The molecule has 8 heavy (non-hydrogen) atoms. The molecule has 0 aliphatic rings. The minimum atomic E-state index is -0.961. The molecule has 0 bridgehead atoms. The van der Waals surface area contributed by atoms with Crippen LogP contribution in [-0.4, -0.2) is 11.1 Å². The zero-order valence-electron chi connectivity index (χ0n) is 4.73. The van der Waals surface area contributed by atoms with Gasteiger partial charge in [0.1, 0.15) is 0 Å². The lowest BCUT2D eigenvalue weighted by molar-refractivity contribution is -0.132. The topological polar surface area (TPSA) is 37.3 Å². The Morgan fingerprint density at radius 1 is 1.50 bits per heavy atom. The van der Waals surface area contributed by atoms with E-state index in [-0.39, 0.29) is 5.57 Å². The van der Waals surface area contributed by atoms with Crippen molar-refractivity contribution in [2.24, 2.45) is 0 Å². The Hall–Kier alpha value is -0.500. The summed E-state index contributed by atoms with van der Waals surface area (Å²) in [5.74, 6) is -0.961. The number of aliphatic carboxylic acids is 1. The van der Waals surface area contributed by atoms with Gasteiger partial charge in [-0.25, -0.2) is 4.79 Å². The molecule has 0 aliphatic heterocycles. The van der Waals surface area contributed by atoms with Crippen LogP contribution < -0.4 is 0 Å². The molecular weight excluding hydrogens is 128 g/mol. The second-order valence-corrected chi connectivity index (χ2v) is 2.03. The first kappa shape index (κ1) is 7.50. The van der Waals surface area contributed by atoms with E-state index in [1.54, 1.807) is 6.92 Å². The molecule has 0 atom stereocenters. The molecule has 0 aromatic carbocycles. The van der Waals surface area contributed by atoms with Crippen molar-refractivity contribution in [3.8, 4) is 0 Å². The number of carboxylic acids is 1. The van der Waals surface area contributed by atoms with Gasteiger partial charge in [0.05, 0.1) is 0 Å². The Balaban J connectivity index is 4.23. The lowest BCUT2D eigenvalue weighted by atomic mass is 10.3. The van der Waals surface area contributed by atoms with Crippen LogP contribution in [0.4, 0.5) is 0 Å². The Morgan fingerprint density at radius 2 is 1.88 bits per heavy atom. The van der Waals surface area contributed by atoms with Crippen molar-refractivity contribution in [1.82, 2.24) is 0 Å². The predicted octanol–water partition coefficient (Wildman–Crippen LogP) is 1.60. The first-order valence-corrected chi connectivity index (χ1v) is 2.49. The number of allylic oxidation sites excluding steroid dienone is 1. The molecule has 0 spiro atoms. The van der Waals surface area contributed by atoms with Crippen LogP contribution in [0.1, 0.15) is 13.8 Å². The smallest absolute Gasteiger partial charge is 0.332 e. The molecule has 0 aromatic rings. The van der Waals surface area contributed by atoms with Gasteiger partial charge in [0.15, 0.2) is 0 Å². The zero-order valence-corrected chi connectivity index (χ0v) is 5.49. The highest BCUT2D eigenvalue weighted by atomic mass is 35.5. The largest absolute Gasteiger partial charge is 0.478 e.